The Kier molecular flexibility index (Phi) is 6.14. The second-order valence-electron chi connectivity index (χ2n) is 7.03. The third-order valence-corrected chi connectivity index (χ3v) is 6.71. The molecule has 0 spiro atoms. The number of hydrogen-bond acceptors (Lipinski definition) is 3. The van der Waals surface area contributed by atoms with E-state index in [-0.39, 0.29) is 4.90 Å². The maximum Gasteiger partial charge on any atom is 0.243 e. The summed E-state index contributed by atoms with van der Waals surface area (Å²) in [5.41, 5.74) is 2.36. The zero-order chi connectivity index (χ0) is 19.4. The lowest BCUT2D eigenvalue weighted by molar-refractivity contribution is -0.903. The maximum absolute atomic E-state index is 13.0. The summed E-state index contributed by atoms with van der Waals surface area (Å²) in [4.78, 5) is 1.47. The molecule has 7 heteroatoms. The fourth-order valence-corrected chi connectivity index (χ4v) is 4.82. The minimum absolute atomic E-state index is 0.144. The Bertz CT molecular complexity index is 856. The normalized spacial score (nSPS) is 16.4. The van der Waals surface area contributed by atoms with E-state index in [1.54, 1.807) is 0 Å². The molecule has 146 valence electrons. The average molecular weight is 394 g/mol. The molecule has 2 aromatic rings. The van der Waals surface area contributed by atoms with Crippen molar-refractivity contribution in [3.8, 4) is 5.75 Å². The molecule has 0 amide bonds. The number of sulfonamides is 1. The molecule has 3 rings (SSSR count). The van der Waals surface area contributed by atoms with Crippen molar-refractivity contribution in [2.24, 2.45) is 0 Å². The van der Waals surface area contributed by atoms with Crippen LogP contribution in [0.15, 0.2) is 47.4 Å². The number of benzene rings is 2. The monoisotopic (exact) mass is 393 g/mol. The van der Waals surface area contributed by atoms with Crippen LogP contribution in [-0.2, 0) is 10.0 Å². The molecular formula is C20H26FN2O3S+. The van der Waals surface area contributed by atoms with Gasteiger partial charge in [-0.3, -0.25) is 0 Å². The Morgan fingerprint density at radius 1 is 1.04 bits per heavy atom. The van der Waals surface area contributed by atoms with Crippen LogP contribution in [0.1, 0.15) is 11.1 Å². The Balaban J connectivity index is 1.49. The molecule has 1 aliphatic heterocycles. The Labute approximate surface area is 160 Å². The summed E-state index contributed by atoms with van der Waals surface area (Å²) in [6.07, 6.45) is 0. The molecule has 27 heavy (non-hydrogen) atoms. The Hall–Kier alpha value is -1.96. The number of nitrogens with one attached hydrogen (secondary N) is 1. The van der Waals surface area contributed by atoms with E-state index in [2.05, 4.69) is 6.07 Å². The van der Waals surface area contributed by atoms with Gasteiger partial charge in [0.15, 0.2) is 0 Å². The van der Waals surface area contributed by atoms with Crippen LogP contribution in [0, 0.1) is 19.7 Å². The van der Waals surface area contributed by atoms with Crippen molar-refractivity contribution < 1.29 is 22.4 Å². The highest BCUT2D eigenvalue weighted by atomic mass is 32.2. The van der Waals surface area contributed by atoms with Crippen molar-refractivity contribution in [1.82, 2.24) is 4.31 Å². The number of ether oxygens (including phenoxy) is 1. The summed E-state index contributed by atoms with van der Waals surface area (Å²) in [5.74, 6) is 0.441. The molecule has 0 unspecified atom stereocenters. The molecule has 0 saturated carbocycles. The number of piperazine rings is 1. The molecule has 1 fully saturated rings. The number of rotatable bonds is 6. The number of quaternary nitrogens is 1. The summed E-state index contributed by atoms with van der Waals surface area (Å²) in [6.45, 7) is 7.91. The highest BCUT2D eigenvalue weighted by Crippen LogP contribution is 2.17. The van der Waals surface area contributed by atoms with E-state index in [0.717, 1.165) is 25.4 Å². The standard InChI is InChI=1S/C20H25FN2O3S/c1-16-13-17(2)15-19(14-16)26-12-11-22-7-9-23(10-8-22)27(24,25)20-5-3-18(21)4-6-20/h3-6,13-15H,7-12H2,1-2H3/p+1. The lowest BCUT2D eigenvalue weighted by atomic mass is 10.1. The topological polar surface area (TPSA) is 51.1 Å². The average Bonchev–Trinajstić information content (AvgIpc) is 2.62. The summed E-state index contributed by atoms with van der Waals surface area (Å²) >= 11 is 0. The zero-order valence-corrected chi connectivity index (χ0v) is 16.6. The lowest BCUT2D eigenvalue weighted by Crippen LogP contribution is -3.15. The largest absolute Gasteiger partial charge is 0.488 e. The number of aryl methyl sites for hydroxylation is 2. The van der Waals surface area contributed by atoms with Crippen LogP contribution in [0.4, 0.5) is 4.39 Å². The number of nitrogens with zero attached hydrogens (tertiary/aromatic N) is 1. The van der Waals surface area contributed by atoms with Crippen LogP contribution < -0.4 is 9.64 Å². The van der Waals surface area contributed by atoms with E-state index >= 15 is 0 Å². The van der Waals surface area contributed by atoms with Crippen molar-refractivity contribution in [2.45, 2.75) is 18.7 Å². The van der Waals surface area contributed by atoms with E-state index in [0.29, 0.717) is 19.7 Å². The van der Waals surface area contributed by atoms with Crippen LogP contribution in [0.3, 0.4) is 0 Å². The second kappa shape index (κ2) is 8.37. The van der Waals surface area contributed by atoms with E-state index in [4.69, 9.17) is 4.74 Å². The molecule has 0 aliphatic carbocycles. The Morgan fingerprint density at radius 2 is 1.63 bits per heavy atom. The molecule has 2 aromatic carbocycles. The van der Waals surface area contributed by atoms with Crippen LogP contribution in [0.25, 0.3) is 0 Å². The molecule has 0 radical (unpaired) electrons. The smallest absolute Gasteiger partial charge is 0.243 e. The van der Waals surface area contributed by atoms with E-state index in [1.165, 1.54) is 44.6 Å². The highest BCUT2D eigenvalue weighted by molar-refractivity contribution is 7.89. The predicted molar refractivity (Wildman–Crippen MR) is 102 cm³/mol. The van der Waals surface area contributed by atoms with Crippen molar-refractivity contribution in [2.75, 3.05) is 39.3 Å². The van der Waals surface area contributed by atoms with Gasteiger partial charge in [0, 0.05) is 0 Å². The van der Waals surface area contributed by atoms with Crippen LogP contribution >= 0.6 is 0 Å². The first-order valence-corrected chi connectivity index (χ1v) is 10.6. The second-order valence-corrected chi connectivity index (χ2v) is 8.97. The maximum atomic E-state index is 13.0. The van der Waals surface area contributed by atoms with Gasteiger partial charge in [-0.1, -0.05) is 6.07 Å². The summed E-state index contributed by atoms with van der Waals surface area (Å²) in [7, 11) is -3.55. The molecule has 0 aromatic heterocycles. The fraction of sp³-hybridized carbons (Fsp3) is 0.400. The van der Waals surface area contributed by atoms with Gasteiger partial charge in [0.1, 0.15) is 24.7 Å². The van der Waals surface area contributed by atoms with Gasteiger partial charge < -0.3 is 9.64 Å². The molecule has 0 atom stereocenters. The predicted octanol–water partition coefficient (Wildman–Crippen LogP) is 1.41. The van der Waals surface area contributed by atoms with Gasteiger partial charge in [0.05, 0.1) is 31.1 Å². The van der Waals surface area contributed by atoms with Crippen molar-refractivity contribution in [1.29, 1.82) is 0 Å². The zero-order valence-electron chi connectivity index (χ0n) is 15.7. The van der Waals surface area contributed by atoms with Gasteiger partial charge in [-0.25, -0.2) is 12.8 Å². The van der Waals surface area contributed by atoms with Crippen LogP contribution in [-0.4, -0.2) is 52.1 Å². The van der Waals surface area contributed by atoms with Gasteiger partial charge in [0.25, 0.3) is 0 Å². The highest BCUT2D eigenvalue weighted by Gasteiger charge is 2.30. The van der Waals surface area contributed by atoms with Gasteiger partial charge in [-0.2, -0.15) is 4.31 Å². The van der Waals surface area contributed by atoms with E-state index in [1.807, 2.05) is 26.0 Å². The molecule has 1 heterocycles. The quantitative estimate of drug-likeness (QED) is 0.808. The van der Waals surface area contributed by atoms with E-state index < -0.39 is 15.8 Å². The minimum Gasteiger partial charge on any atom is -0.488 e. The van der Waals surface area contributed by atoms with Gasteiger partial charge >= 0.3 is 0 Å². The minimum atomic E-state index is -3.55. The first-order valence-electron chi connectivity index (χ1n) is 9.15. The van der Waals surface area contributed by atoms with Gasteiger partial charge in [-0.05, 0) is 61.4 Å². The van der Waals surface area contributed by atoms with Crippen molar-refractivity contribution in [3.05, 3.63) is 59.4 Å². The van der Waals surface area contributed by atoms with Crippen molar-refractivity contribution >= 4 is 10.0 Å². The van der Waals surface area contributed by atoms with Gasteiger partial charge in [0.2, 0.25) is 10.0 Å². The first-order chi connectivity index (χ1) is 12.8. The van der Waals surface area contributed by atoms with Crippen LogP contribution in [0.2, 0.25) is 0 Å². The van der Waals surface area contributed by atoms with Crippen molar-refractivity contribution in [3.63, 3.8) is 0 Å². The lowest BCUT2D eigenvalue weighted by Gasteiger charge is -2.31. The van der Waals surface area contributed by atoms with Crippen LogP contribution in [0.5, 0.6) is 5.75 Å². The molecule has 0 bridgehead atoms. The third kappa shape index (κ3) is 5.06. The fourth-order valence-electron chi connectivity index (χ4n) is 3.38. The molecule has 1 aliphatic rings. The SMILES string of the molecule is Cc1cc(C)cc(OCC[NH+]2CCN(S(=O)(=O)c3ccc(F)cc3)CC2)c1. The third-order valence-electron chi connectivity index (χ3n) is 4.80. The molecule has 5 nitrogen and oxygen atoms in total. The summed E-state index contributed by atoms with van der Waals surface area (Å²) in [5, 5.41) is 0. The molecule has 1 N–H and O–H groups in total. The summed E-state index contributed by atoms with van der Waals surface area (Å²) < 4.78 is 45.6. The Morgan fingerprint density at radius 3 is 2.22 bits per heavy atom. The number of hydrogen-bond donors (Lipinski definition) is 1. The number of halogens is 1. The first kappa shape index (κ1) is 19.8. The summed E-state index contributed by atoms with van der Waals surface area (Å²) in [6, 6.07) is 11.2. The van der Waals surface area contributed by atoms with Gasteiger partial charge in [-0.15, -0.1) is 0 Å². The molecular weight excluding hydrogens is 367 g/mol. The van der Waals surface area contributed by atoms with E-state index in [9.17, 15) is 12.8 Å². The molecule has 1 saturated heterocycles.